The molecule has 3 N–H and O–H groups in total. The Morgan fingerprint density at radius 3 is 2.78 bits per heavy atom. The first-order valence-corrected chi connectivity index (χ1v) is 5.87. The summed E-state index contributed by atoms with van der Waals surface area (Å²) in [6.45, 7) is 2.38. The van der Waals surface area contributed by atoms with Gasteiger partial charge >= 0.3 is 0 Å². The number of nitro benzene ring substituents is 1. The summed E-state index contributed by atoms with van der Waals surface area (Å²) in [4.78, 5) is 9.86. The molecule has 1 fully saturated rings. The highest BCUT2D eigenvalue weighted by molar-refractivity contribution is 5.50. The van der Waals surface area contributed by atoms with Crippen LogP contribution in [0.4, 0.5) is 15.8 Å². The van der Waals surface area contributed by atoms with E-state index in [4.69, 9.17) is 5.73 Å². The van der Waals surface area contributed by atoms with E-state index < -0.39 is 10.7 Å². The van der Waals surface area contributed by atoms with E-state index in [1.807, 2.05) is 6.92 Å². The number of nitrogens with zero attached hydrogens (tertiary/aromatic N) is 1. The highest BCUT2D eigenvalue weighted by Crippen LogP contribution is 2.38. The van der Waals surface area contributed by atoms with Crippen molar-refractivity contribution in [1.82, 2.24) is 0 Å². The van der Waals surface area contributed by atoms with Crippen molar-refractivity contribution in [3.63, 3.8) is 0 Å². The average Bonchev–Trinajstić information content (AvgIpc) is 3.11. The Labute approximate surface area is 104 Å². The lowest BCUT2D eigenvalue weighted by atomic mass is 9.97. The standard InChI is InChI=1S/C12H16FN3O2/c1-12(14,8-2-3-8)7-15-11-5-4-9(16(17)18)6-10(11)13/h4-6,8,15H,2-3,7,14H2,1H3/t12-/m1/s1. The Kier molecular flexibility index (Phi) is 3.21. The van der Waals surface area contributed by atoms with Crippen molar-refractivity contribution in [2.75, 3.05) is 11.9 Å². The molecule has 0 radical (unpaired) electrons. The second-order valence-electron chi connectivity index (χ2n) is 5.05. The molecule has 1 atom stereocenters. The molecule has 0 unspecified atom stereocenters. The van der Waals surface area contributed by atoms with Crippen molar-refractivity contribution in [2.24, 2.45) is 11.7 Å². The Morgan fingerprint density at radius 1 is 1.61 bits per heavy atom. The Morgan fingerprint density at radius 2 is 2.28 bits per heavy atom. The van der Waals surface area contributed by atoms with Crippen LogP contribution in [-0.4, -0.2) is 17.0 Å². The van der Waals surface area contributed by atoms with E-state index in [0.29, 0.717) is 12.5 Å². The van der Waals surface area contributed by atoms with E-state index >= 15 is 0 Å². The molecule has 6 heteroatoms. The van der Waals surface area contributed by atoms with Crippen LogP contribution in [0.25, 0.3) is 0 Å². The third-order valence-electron chi connectivity index (χ3n) is 3.33. The maximum atomic E-state index is 13.6. The van der Waals surface area contributed by atoms with E-state index in [0.717, 1.165) is 18.9 Å². The van der Waals surface area contributed by atoms with Crippen LogP contribution in [0, 0.1) is 21.8 Å². The monoisotopic (exact) mass is 253 g/mol. The third-order valence-corrected chi connectivity index (χ3v) is 3.33. The largest absolute Gasteiger partial charge is 0.381 e. The molecule has 0 aliphatic heterocycles. The highest BCUT2D eigenvalue weighted by atomic mass is 19.1. The van der Waals surface area contributed by atoms with Crippen LogP contribution in [0.2, 0.25) is 0 Å². The lowest BCUT2D eigenvalue weighted by Gasteiger charge is -2.25. The minimum absolute atomic E-state index is 0.248. The maximum Gasteiger partial charge on any atom is 0.272 e. The topological polar surface area (TPSA) is 81.2 Å². The molecule has 5 nitrogen and oxygen atoms in total. The smallest absolute Gasteiger partial charge is 0.272 e. The summed E-state index contributed by atoms with van der Waals surface area (Å²) in [6, 6.07) is 3.56. The molecule has 0 aromatic heterocycles. The van der Waals surface area contributed by atoms with Crippen molar-refractivity contribution in [3.8, 4) is 0 Å². The first-order chi connectivity index (χ1) is 8.40. The fourth-order valence-electron chi connectivity index (χ4n) is 1.93. The molecule has 1 aromatic carbocycles. The minimum atomic E-state index is -0.629. The molecule has 2 rings (SSSR count). The number of non-ortho nitro benzene ring substituents is 1. The molecule has 1 aliphatic carbocycles. The van der Waals surface area contributed by atoms with Crippen molar-refractivity contribution >= 4 is 11.4 Å². The number of hydrogen-bond acceptors (Lipinski definition) is 4. The number of halogens is 1. The fraction of sp³-hybridized carbons (Fsp3) is 0.500. The van der Waals surface area contributed by atoms with Gasteiger partial charge in [-0.25, -0.2) is 4.39 Å². The molecular weight excluding hydrogens is 237 g/mol. The molecule has 1 aliphatic rings. The normalized spacial score (nSPS) is 18.2. The Balaban J connectivity index is 2.03. The van der Waals surface area contributed by atoms with Gasteiger partial charge in [0.25, 0.3) is 5.69 Å². The van der Waals surface area contributed by atoms with Crippen LogP contribution in [0.15, 0.2) is 18.2 Å². The lowest BCUT2D eigenvalue weighted by molar-refractivity contribution is -0.385. The predicted molar refractivity (Wildman–Crippen MR) is 66.9 cm³/mol. The summed E-state index contributed by atoms with van der Waals surface area (Å²) in [5, 5.41) is 13.4. The van der Waals surface area contributed by atoms with E-state index in [-0.39, 0.29) is 16.9 Å². The van der Waals surface area contributed by atoms with Crippen LogP contribution in [0.1, 0.15) is 19.8 Å². The number of hydrogen-bond donors (Lipinski definition) is 2. The minimum Gasteiger partial charge on any atom is -0.381 e. The van der Waals surface area contributed by atoms with Gasteiger partial charge in [0.1, 0.15) is 0 Å². The van der Waals surface area contributed by atoms with E-state index in [1.54, 1.807) is 0 Å². The van der Waals surface area contributed by atoms with E-state index in [1.165, 1.54) is 12.1 Å². The van der Waals surface area contributed by atoms with Crippen molar-refractivity contribution in [2.45, 2.75) is 25.3 Å². The number of nitro groups is 1. The van der Waals surface area contributed by atoms with Gasteiger partial charge in [-0.2, -0.15) is 0 Å². The van der Waals surface area contributed by atoms with Gasteiger partial charge in [0.2, 0.25) is 0 Å². The van der Waals surface area contributed by atoms with Gasteiger partial charge in [-0.3, -0.25) is 10.1 Å². The summed E-state index contributed by atoms with van der Waals surface area (Å²) in [7, 11) is 0. The van der Waals surface area contributed by atoms with Crippen LogP contribution in [-0.2, 0) is 0 Å². The van der Waals surface area contributed by atoms with Crippen molar-refractivity contribution in [3.05, 3.63) is 34.1 Å². The molecule has 0 spiro atoms. The van der Waals surface area contributed by atoms with Gasteiger partial charge in [0.15, 0.2) is 5.82 Å². The van der Waals surface area contributed by atoms with Gasteiger partial charge in [-0.15, -0.1) is 0 Å². The second kappa shape index (κ2) is 4.53. The van der Waals surface area contributed by atoms with E-state index in [2.05, 4.69) is 5.32 Å². The van der Waals surface area contributed by atoms with Gasteiger partial charge in [-0.05, 0) is 31.7 Å². The summed E-state index contributed by atoms with van der Waals surface area (Å²) >= 11 is 0. The highest BCUT2D eigenvalue weighted by Gasteiger charge is 2.38. The number of nitrogens with two attached hydrogens (primary N) is 1. The van der Waals surface area contributed by atoms with Crippen molar-refractivity contribution in [1.29, 1.82) is 0 Å². The molecule has 98 valence electrons. The SMILES string of the molecule is C[C@@](N)(CNc1ccc([N+](=O)[O-])cc1F)C1CC1. The number of benzene rings is 1. The van der Waals surface area contributed by atoms with E-state index in [9.17, 15) is 14.5 Å². The average molecular weight is 253 g/mol. The maximum absolute atomic E-state index is 13.6. The van der Waals surface area contributed by atoms with Crippen LogP contribution < -0.4 is 11.1 Å². The molecule has 18 heavy (non-hydrogen) atoms. The van der Waals surface area contributed by atoms with Crippen molar-refractivity contribution < 1.29 is 9.31 Å². The third kappa shape index (κ3) is 2.76. The van der Waals surface area contributed by atoms with Gasteiger partial charge in [0.05, 0.1) is 16.7 Å². The molecule has 1 saturated carbocycles. The molecule has 1 aromatic rings. The summed E-state index contributed by atoms with van der Waals surface area (Å²) in [5.41, 5.74) is 5.73. The Hall–Kier alpha value is -1.69. The van der Waals surface area contributed by atoms with Crippen LogP contribution in [0.5, 0.6) is 0 Å². The quantitative estimate of drug-likeness (QED) is 0.623. The first kappa shape index (κ1) is 12.8. The molecule has 0 amide bonds. The second-order valence-corrected chi connectivity index (χ2v) is 5.05. The summed E-state index contributed by atoms with van der Waals surface area (Å²) < 4.78 is 13.6. The number of rotatable bonds is 5. The fourth-order valence-corrected chi connectivity index (χ4v) is 1.93. The zero-order chi connectivity index (χ0) is 13.3. The van der Waals surface area contributed by atoms with Crippen LogP contribution >= 0.6 is 0 Å². The zero-order valence-corrected chi connectivity index (χ0v) is 10.1. The molecule has 0 heterocycles. The summed E-state index contributed by atoms with van der Waals surface area (Å²) in [5.74, 6) is -0.151. The molecular formula is C12H16FN3O2. The summed E-state index contributed by atoms with van der Waals surface area (Å²) in [6.07, 6.45) is 2.22. The lowest BCUT2D eigenvalue weighted by Crippen LogP contribution is -2.45. The van der Waals surface area contributed by atoms with Gasteiger partial charge < -0.3 is 11.1 Å². The number of anilines is 1. The first-order valence-electron chi connectivity index (χ1n) is 5.87. The van der Waals surface area contributed by atoms with Gasteiger partial charge in [0, 0.05) is 18.2 Å². The molecule has 0 bridgehead atoms. The Bertz CT molecular complexity index is 472. The van der Waals surface area contributed by atoms with Crippen LogP contribution in [0.3, 0.4) is 0 Å². The van der Waals surface area contributed by atoms with Gasteiger partial charge in [-0.1, -0.05) is 0 Å². The molecule has 0 saturated heterocycles. The number of nitrogens with one attached hydrogen (secondary N) is 1. The zero-order valence-electron chi connectivity index (χ0n) is 10.1. The predicted octanol–water partition coefficient (Wildman–Crippen LogP) is 2.27.